The number of rotatable bonds is 22. The minimum absolute atomic E-state index is 0.145. The lowest BCUT2D eigenvalue weighted by atomic mass is 9.91. The Morgan fingerprint density at radius 3 is 1.77 bits per heavy atom. The fourth-order valence-corrected chi connectivity index (χ4v) is 7.29. The average Bonchev–Trinajstić information content (AvgIpc) is 3.30. The number of halogens is 1. The highest BCUT2D eigenvalue weighted by Gasteiger charge is 2.35. The monoisotopic (exact) mass is 655 g/mol. The fraction of sp³-hybridized carbons (Fsp3) is 0.727. The van der Waals surface area contributed by atoms with Gasteiger partial charge in [-0.2, -0.15) is 0 Å². The number of alkyl halides is 1. The van der Waals surface area contributed by atoms with Crippen molar-refractivity contribution < 1.29 is 17.9 Å². The summed E-state index contributed by atoms with van der Waals surface area (Å²) in [7, 11) is -4.24. The average molecular weight is 656 g/mol. The van der Waals surface area contributed by atoms with Gasteiger partial charge in [0.25, 0.3) is 5.56 Å². The summed E-state index contributed by atoms with van der Waals surface area (Å²) in [4.78, 5) is 24.1. The van der Waals surface area contributed by atoms with Gasteiger partial charge in [0.1, 0.15) is 5.76 Å². The van der Waals surface area contributed by atoms with Crippen molar-refractivity contribution in [3.63, 3.8) is 0 Å². The van der Waals surface area contributed by atoms with Crippen LogP contribution in [0.3, 0.4) is 0 Å². The van der Waals surface area contributed by atoms with Gasteiger partial charge in [-0.3, -0.25) is 14.9 Å². The van der Waals surface area contributed by atoms with Gasteiger partial charge in [0, 0.05) is 12.0 Å². The smallest absolute Gasteiger partial charge is 0.316 e. The van der Waals surface area contributed by atoms with Gasteiger partial charge in [-0.25, -0.2) is 13.1 Å². The lowest BCUT2D eigenvalue weighted by Gasteiger charge is -2.15. The molecule has 11 heteroatoms. The Morgan fingerprint density at radius 2 is 1.36 bits per heavy atom. The molecule has 0 aliphatic heterocycles. The molecule has 250 valence electrons. The number of aromatic nitrogens is 1. The molecule has 1 aromatic heterocycles. The first-order valence-electron chi connectivity index (χ1n) is 16.5. The lowest BCUT2D eigenvalue weighted by Crippen LogP contribution is -2.27. The first kappa shape index (κ1) is 38.0. The molecule has 2 aromatic rings. The van der Waals surface area contributed by atoms with E-state index in [1.54, 1.807) is 0 Å². The molecule has 0 fully saturated rings. The molecule has 0 atom stereocenters. The third-order valence-corrected chi connectivity index (χ3v) is 9.92. The molecule has 1 aromatic carbocycles. The molecule has 9 nitrogen and oxygen atoms in total. The zero-order chi connectivity index (χ0) is 32.8. The highest BCUT2D eigenvalue weighted by molar-refractivity contribution is 7.89. The third-order valence-electron chi connectivity index (χ3n) is 8.01. The number of nitro benzene ring substituents is 1. The van der Waals surface area contributed by atoms with Crippen molar-refractivity contribution in [1.29, 1.82) is 0 Å². The van der Waals surface area contributed by atoms with Crippen molar-refractivity contribution in [2.75, 3.05) is 6.54 Å². The Bertz CT molecular complexity index is 1340. The number of sulfonamides is 1. The summed E-state index contributed by atoms with van der Waals surface area (Å²) in [5.41, 5.74) is -1.83. The molecule has 1 heterocycles. The van der Waals surface area contributed by atoms with Crippen LogP contribution < -0.4 is 10.3 Å². The standard InChI is InChI=1S/C33H54ClN3O6S/c1-6-7-8-9-10-11-12-13-14-15-16-17-18-19-20-21-24-35-44(41,42)30-26(2)22-23-28(29(30)37(39)40)36-32(38)27(25-34)31(43-36)33(3,4)5/h22-23,35H,6-21,24-25H2,1-5H3. The van der Waals surface area contributed by atoms with Crippen LogP contribution in [0.2, 0.25) is 0 Å². The quantitative estimate of drug-likeness (QED) is 0.0583. The van der Waals surface area contributed by atoms with Crippen LogP contribution in [0.5, 0.6) is 0 Å². The second kappa shape index (κ2) is 18.7. The van der Waals surface area contributed by atoms with Crippen LogP contribution in [0.1, 0.15) is 147 Å². The van der Waals surface area contributed by atoms with Crippen LogP contribution in [0.4, 0.5) is 5.69 Å². The number of aryl methyl sites for hydroxylation is 1. The summed E-state index contributed by atoms with van der Waals surface area (Å²) in [6.07, 6.45) is 19.5. The van der Waals surface area contributed by atoms with E-state index in [1.807, 2.05) is 20.8 Å². The Hall–Kier alpha value is -2.17. The topological polar surface area (TPSA) is 124 Å². The van der Waals surface area contributed by atoms with E-state index >= 15 is 0 Å². The van der Waals surface area contributed by atoms with Crippen LogP contribution in [-0.4, -0.2) is 24.6 Å². The first-order valence-corrected chi connectivity index (χ1v) is 18.5. The molecule has 0 bridgehead atoms. The molecule has 0 aliphatic rings. The van der Waals surface area contributed by atoms with Gasteiger partial charge in [-0.05, 0) is 25.0 Å². The normalized spacial score (nSPS) is 12.2. The molecule has 0 saturated carbocycles. The second-order valence-corrected chi connectivity index (χ2v) is 14.9. The Kier molecular flexibility index (Phi) is 16.2. The maximum Gasteiger partial charge on any atom is 0.316 e. The van der Waals surface area contributed by atoms with Crippen molar-refractivity contribution in [3.8, 4) is 5.69 Å². The van der Waals surface area contributed by atoms with Crippen LogP contribution in [-0.2, 0) is 21.3 Å². The number of hydrogen-bond donors (Lipinski definition) is 1. The predicted molar refractivity (Wildman–Crippen MR) is 179 cm³/mol. The number of nitrogens with zero attached hydrogens (tertiary/aromatic N) is 2. The molecule has 44 heavy (non-hydrogen) atoms. The molecule has 0 unspecified atom stereocenters. The zero-order valence-corrected chi connectivity index (χ0v) is 29.1. The van der Waals surface area contributed by atoms with E-state index in [4.69, 9.17) is 16.1 Å². The summed E-state index contributed by atoms with van der Waals surface area (Å²) in [6, 6.07) is 2.77. The van der Waals surface area contributed by atoms with Crippen LogP contribution in [0, 0.1) is 17.0 Å². The maximum atomic E-state index is 13.3. The van der Waals surface area contributed by atoms with Gasteiger partial charge in [-0.1, -0.05) is 130 Å². The second-order valence-electron chi connectivity index (χ2n) is 12.9. The molecule has 1 N–H and O–H groups in total. The highest BCUT2D eigenvalue weighted by Crippen LogP contribution is 2.35. The Morgan fingerprint density at radius 1 is 0.886 bits per heavy atom. The summed E-state index contributed by atoms with van der Waals surface area (Å²) in [5.74, 6) is 0.145. The molecule has 0 saturated heterocycles. The number of benzene rings is 1. The van der Waals surface area contributed by atoms with Gasteiger partial charge in [0.15, 0.2) is 10.6 Å². The van der Waals surface area contributed by atoms with Crippen molar-refractivity contribution in [1.82, 2.24) is 9.46 Å². The molecule has 0 radical (unpaired) electrons. The molecule has 0 aliphatic carbocycles. The van der Waals surface area contributed by atoms with E-state index in [0.717, 1.165) is 24.0 Å². The predicted octanol–water partition coefficient (Wildman–Crippen LogP) is 9.22. The van der Waals surface area contributed by atoms with Crippen LogP contribution >= 0.6 is 11.6 Å². The zero-order valence-electron chi connectivity index (χ0n) is 27.5. The maximum absolute atomic E-state index is 13.3. The lowest BCUT2D eigenvalue weighted by molar-refractivity contribution is -0.387. The summed E-state index contributed by atoms with van der Waals surface area (Å²) in [5, 5.41) is 12.2. The van der Waals surface area contributed by atoms with Crippen molar-refractivity contribution in [2.24, 2.45) is 0 Å². The Balaban J connectivity index is 1.89. The molecular weight excluding hydrogens is 602 g/mol. The van der Waals surface area contributed by atoms with Gasteiger partial charge in [-0.15, -0.1) is 16.3 Å². The summed E-state index contributed by atoms with van der Waals surface area (Å²) in [6.45, 7) is 9.40. The van der Waals surface area contributed by atoms with E-state index in [2.05, 4.69) is 11.6 Å². The summed E-state index contributed by atoms with van der Waals surface area (Å²) >= 11 is 6.02. The molecular formula is C33H54ClN3O6S. The number of nitro groups is 1. The van der Waals surface area contributed by atoms with Crippen LogP contribution in [0.25, 0.3) is 5.69 Å². The van der Waals surface area contributed by atoms with Gasteiger partial charge in [0.05, 0.1) is 16.4 Å². The first-order chi connectivity index (χ1) is 20.9. The minimum atomic E-state index is -4.24. The molecule has 0 amide bonds. The highest BCUT2D eigenvalue weighted by atomic mass is 35.5. The number of unbranched alkanes of at least 4 members (excludes halogenated alkanes) is 15. The Labute approximate surface area is 269 Å². The third kappa shape index (κ3) is 11.3. The largest absolute Gasteiger partial charge is 0.375 e. The van der Waals surface area contributed by atoms with Crippen molar-refractivity contribution in [3.05, 3.63) is 49.5 Å². The van der Waals surface area contributed by atoms with Gasteiger partial charge < -0.3 is 4.52 Å². The van der Waals surface area contributed by atoms with Crippen LogP contribution in [0.15, 0.2) is 26.3 Å². The number of nitrogens with one attached hydrogen (secondary N) is 1. The summed E-state index contributed by atoms with van der Waals surface area (Å²) < 4.78 is 35.8. The van der Waals surface area contributed by atoms with E-state index < -0.39 is 36.5 Å². The van der Waals surface area contributed by atoms with E-state index in [1.165, 1.54) is 96.1 Å². The van der Waals surface area contributed by atoms with E-state index in [0.29, 0.717) is 12.2 Å². The van der Waals surface area contributed by atoms with Crippen molar-refractivity contribution >= 4 is 27.3 Å². The van der Waals surface area contributed by atoms with Gasteiger partial charge >= 0.3 is 5.69 Å². The number of hydrogen-bond acceptors (Lipinski definition) is 6. The molecule has 0 spiro atoms. The van der Waals surface area contributed by atoms with Gasteiger partial charge in [0.2, 0.25) is 10.0 Å². The minimum Gasteiger partial charge on any atom is -0.375 e. The fourth-order valence-electron chi connectivity index (χ4n) is 5.57. The van der Waals surface area contributed by atoms with E-state index in [-0.39, 0.29) is 29.2 Å². The van der Waals surface area contributed by atoms with E-state index in [9.17, 15) is 23.3 Å². The molecule has 2 rings (SSSR count). The van der Waals surface area contributed by atoms with Crippen molar-refractivity contribution in [2.45, 2.75) is 154 Å². The SMILES string of the molecule is CCCCCCCCCCCCCCCCCCNS(=O)(=O)c1c(C)ccc(-n2oc(C(C)(C)C)c(CCl)c2=O)c1[N+](=O)[O-].